The number of nitrogens with zero attached hydrogens (tertiary/aromatic N) is 1. The molecule has 0 aromatic rings. The highest BCUT2D eigenvalue weighted by Gasteiger charge is 2.22. The van der Waals surface area contributed by atoms with E-state index in [1.165, 1.54) is 263 Å². The summed E-state index contributed by atoms with van der Waals surface area (Å²) in [7, 11) is 1.18. The number of rotatable bonds is 63. The number of unbranched alkanes of at least 4 members (excludes halogenated alkanes) is 45. The normalized spacial score (nSPS) is 13.3. The van der Waals surface area contributed by atoms with Gasteiger partial charge in [-0.05, 0) is 44.9 Å². The Morgan fingerprint density at radius 3 is 1.03 bits per heavy atom. The molecule has 0 aliphatic heterocycles. The average molecular weight is 1110 g/mol. The summed E-state index contributed by atoms with van der Waals surface area (Å²) in [6.45, 7) is 4.30. The largest absolute Gasteiger partial charge is 0.756 e. The third-order valence-corrected chi connectivity index (χ3v) is 16.2. The van der Waals surface area contributed by atoms with E-state index in [0.29, 0.717) is 17.4 Å². The molecule has 77 heavy (non-hydrogen) atoms. The van der Waals surface area contributed by atoms with E-state index in [9.17, 15) is 19.0 Å². The zero-order chi connectivity index (χ0) is 56.3. The van der Waals surface area contributed by atoms with Crippen LogP contribution in [0.15, 0.2) is 24.3 Å². The van der Waals surface area contributed by atoms with Gasteiger partial charge in [-0.3, -0.25) is 14.2 Å². The molecule has 2 atom stereocenters. The fourth-order valence-corrected chi connectivity index (χ4v) is 10.8. The summed E-state index contributed by atoms with van der Waals surface area (Å²) in [5.74, 6) is -0.813. The quantitative estimate of drug-likeness (QED) is 0.0195. The minimum atomic E-state index is -4.64. The van der Waals surface area contributed by atoms with Crippen molar-refractivity contribution in [2.45, 2.75) is 347 Å². The lowest BCUT2D eigenvalue weighted by Gasteiger charge is -2.28. The lowest BCUT2D eigenvalue weighted by molar-refractivity contribution is -0.870. The Morgan fingerprint density at radius 1 is 0.403 bits per heavy atom. The maximum atomic E-state index is 12.8. The van der Waals surface area contributed by atoms with Gasteiger partial charge in [0.25, 0.3) is 7.82 Å². The van der Waals surface area contributed by atoms with Gasteiger partial charge in [0.05, 0.1) is 27.7 Å². The van der Waals surface area contributed by atoms with Crippen LogP contribution in [0.3, 0.4) is 0 Å². The van der Waals surface area contributed by atoms with Crippen molar-refractivity contribution < 1.29 is 42.1 Å². The highest BCUT2D eigenvalue weighted by molar-refractivity contribution is 7.45. The Morgan fingerprint density at radius 2 is 0.701 bits per heavy atom. The van der Waals surface area contributed by atoms with Crippen LogP contribution in [0.5, 0.6) is 0 Å². The van der Waals surface area contributed by atoms with Crippen LogP contribution in [0.4, 0.5) is 0 Å². The van der Waals surface area contributed by atoms with Gasteiger partial charge in [0, 0.05) is 12.8 Å². The van der Waals surface area contributed by atoms with Gasteiger partial charge in [-0.2, -0.15) is 0 Å². The number of phosphoric ester groups is 1. The van der Waals surface area contributed by atoms with Crippen LogP contribution in [0.1, 0.15) is 341 Å². The molecule has 0 aromatic carbocycles. The second-order valence-corrected chi connectivity index (χ2v) is 25.6. The Hall–Kier alpha value is -1.51. The summed E-state index contributed by atoms with van der Waals surface area (Å²) in [6.07, 6.45) is 72.5. The fourth-order valence-electron chi connectivity index (χ4n) is 10.0. The lowest BCUT2D eigenvalue weighted by atomic mass is 10.0. The first-order chi connectivity index (χ1) is 37.5. The van der Waals surface area contributed by atoms with Crippen molar-refractivity contribution in [2.75, 3.05) is 47.5 Å². The molecule has 10 heteroatoms. The van der Waals surface area contributed by atoms with Gasteiger partial charge in [-0.15, -0.1) is 0 Å². The highest BCUT2D eigenvalue weighted by Crippen LogP contribution is 2.38. The van der Waals surface area contributed by atoms with Crippen molar-refractivity contribution >= 4 is 19.8 Å². The van der Waals surface area contributed by atoms with E-state index in [1.54, 1.807) is 0 Å². The number of phosphoric acid groups is 1. The first-order valence-corrected chi connectivity index (χ1v) is 35.0. The molecule has 0 heterocycles. The molecule has 0 bridgehead atoms. The summed E-state index contributed by atoms with van der Waals surface area (Å²) in [5, 5.41) is 0. The minimum absolute atomic E-state index is 0.0278. The molecule has 0 saturated carbocycles. The molecule has 0 aliphatic rings. The first-order valence-electron chi connectivity index (χ1n) is 33.5. The summed E-state index contributed by atoms with van der Waals surface area (Å²) < 4.78 is 34.3. The molecule has 0 rings (SSSR count). The number of esters is 2. The Kier molecular flexibility index (Phi) is 58.0. The van der Waals surface area contributed by atoms with Crippen LogP contribution in [-0.4, -0.2) is 70.0 Å². The second-order valence-electron chi connectivity index (χ2n) is 24.2. The summed E-state index contributed by atoms with van der Waals surface area (Å²) in [4.78, 5) is 38.0. The highest BCUT2D eigenvalue weighted by atomic mass is 31.2. The predicted molar refractivity (Wildman–Crippen MR) is 328 cm³/mol. The van der Waals surface area contributed by atoms with Crippen molar-refractivity contribution in [2.24, 2.45) is 0 Å². The number of allylic oxidation sites excluding steroid dienone is 4. The topological polar surface area (TPSA) is 111 Å². The molecular weight excluding hydrogens is 978 g/mol. The van der Waals surface area contributed by atoms with Crippen molar-refractivity contribution in [3.8, 4) is 0 Å². The second kappa shape index (κ2) is 59.1. The van der Waals surface area contributed by atoms with E-state index in [-0.39, 0.29) is 32.0 Å². The zero-order valence-electron chi connectivity index (χ0n) is 51.9. The van der Waals surface area contributed by atoms with E-state index < -0.39 is 26.5 Å². The lowest BCUT2D eigenvalue weighted by Crippen LogP contribution is -2.37. The number of hydrogen-bond acceptors (Lipinski definition) is 8. The molecule has 2 unspecified atom stereocenters. The van der Waals surface area contributed by atoms with Gasteiger partial charge in [0.15, 0.2) is 6.10 Å². The molecule has 9 nitrogen and oxygen atoms in total. The van der Waals surface area contributed by atoms with Gasteiger partial charge < -0.3 is 27.9 Å². The maximum Gasteiger partial charge on any atom is 0.306 e. The number of carbonyl (C=O) groups is 2. The van der Waals surface area contributed by atoms with E-state index in [0.717, 1.165) is 44.9 Å². The molecule has 456 valence electrons. The summed E-state index contributed by atoms with van der Waals surface area (Å²) in [5.41, 5.74) is 0. The SMILES string of the molecule is CCCCCCC/C=C\C/C=C\CCCCCCCCCCCCCCCC(=O)OC(COC(=O)CCCCCCCCCCCCCCCCCCCCCCCCCCCCCC)COP(=O)([O-])OCC[N+](C)(C)C. The van der Waals surface area contributed by atoms with Crippen molar-refractivity contribution in [1.82, 2.24) is 0 Å². The standard InChI is InChI=1S/C67H130NO8P/c1-6-8-10-12-14-16-18-20-22-24-26-28-30-32-33-34-36-37-39-41-43-45-47-49-51-53-55-57-59-66(69)73-63-65(64-75-77(71,72)74-62-61-68(3,4)5)76-67(70)60-58-56-54-52-50-48-46-44-42-40-38-35-31-29-27-25-23-21-19-17-15-13-11-9-7-2/h19,21,25,27,65H,6-18,20,22-24,26,28-64H2,1-5H3/b21-19-,27-25-. The minimum Gasteiger partial charge on any atom is -0.756 e. The van der Waals surface area contributed by atoms with E-state index in [2.05, 4.69) is 38.2 Å². The molecule has 0 saturated heterocycles. The van der Waals surface area contributed by atoms with Crippen molar-refractivity contribution in [3.05, 3.63) is 24.3 Å². The number of ether oxygens (including phenoxy) is 2. The Balaban J connectivity index is 4.02. The number of quaternary nitrogens is 1. The molecule has 0 aromatic heterocycles. The van der Waals surface area contributed by atoms with Crippen LogP contribution in [0.25, 0.3) is 0 Å². The smallest absolute Gasteiger partial charge is 0.306 e. The number of carbonyl (C=O) groups excluding carboxylic acids is 2. The molecule has 0 aliphatic carbocycles. The van der Waals surface area contributed by atoms with Crippen molar-refractivity contribution in [1.29, 1.82) is 0 Å². The van der Waals surface area contributed by atoms with Gasteiger partial charge in [0.1, 0.15) is 19.8 Å². The van der Waals surface area contributed by atoms with Crippen LogP contribution in [0, 0.1) is 0 Å². The maximum absolute atomic E-state index is 12.8. The molecule has 0 radical (unpaired) electrons. The number of hydrogen-bond donors (Lipinski definition) is 0. The average Bonchev–Trinajstić information content (AvgIpc) is 3.39. The van der Waals surface area contributed by atoms with Gasteiger partial charge in [-0.25, -0.2) is 0 Å². The fraction of sp³-hybridized carbons (Fsp3) is 0.910. The van der Waals surface area contributed by atoms with Crippen molar-refractivity contribution in [3.63, 3.8) is 0 Å². The van der Waals surface area contributed by atoms with E-state index in [4.69, 9.17) is 18.5 Å². The molecular formula is C67H130NO8P. The first kappa shape index (κ1) is 75.5. The molecule has 0 N–H and O–H groups in total. The van der Waals surface area contributed by atoms with Gasteiger partial charge in [-0.1, -0.05) is 308 Å². The molecule has 0 amide bonds. The predicted octanol–water partition coefficient (Wildman–Crippen LogP) is 20.7. The third kappa shape index (κ3) is 63.5. The Bertz CT molecular complexity index is 1350. The van der Waals surface area contributed by atoms with E-state index in [1.807, 2.05) is 21.1 Å². The molecule has 0 fully saturated rings. The number of likely N-dealkylation sites (N-methyl/N-ethyl adjacent to an activating group) is 1. The van der Waals surface area contributed by atoms with Crippen LogP contribution < -0.4 is 4.89 Å². The van der Waals surface area contributed by atoms with Gasteiger partial charge >= 0.3 is 11.9 Å². The van der Waals surface area contributed by atoms with Crippen LogP contribution in [0.2, 0.25) is 0 Å². The molecule has 0 spiro atoms. The Labute approximate surface area is 479 Å². The monoisotopic (exact) mass is 1110 g/mol. The van der Waals surface area contributed by atoms with Gasteiger partial charge in [0.2, 0.25) is 0 Å². The zero-order valence-corrected chi connectivity index (χ0v) is 52.8. The summed E-state index contributed by atoms with van der Waals surface area (Å²) >= 11 is 0. The third-order valence-electron chi connectivity index (χ3n) is 15.2. The van der Waals surface area contributed by atoms with Crippen LogP contribution in [-0.2, 0) is 32.7 Å². The van der Waals surface area contributed by atoms with E-state index >= 15 is 0 Å². The van der Waals surface area contributed by atoms with Crippen LogP contribution >= 0.6 is 7.82 Å². The summed E-state index contributed by atoms with van der Waals surface area (Å²) in [6, 6.07) is 0.